The van der Waals surface area contributed by atoms with Gasteiger partial charge in [-0.2, -0.15) is 5.10 Å². The monoisotopic (exact) mass is 641 g/mol. The van der Waals surface area contributed by atoms with E-state index >= 15 is 0 Å². The number of benzene rings is 1. The van der Waals surface area contributed by atoms with Crippen LogP contribution >= 0.6 is 11.6 Å². The van der Waals surface area contributed by atoms with Crippen molar-refractivity contribution in [1.82, 2.24) is 34.6 Å². The Hall–Kier alpha value is -4.14. The smallest absolute Gasteiger partial charge is 0.275 e. The molecule has 0 spiro atoms. The quantitative estimate of drug-likeness (QED) is 0.266. The van der Waals surface area contributed by atoms with Crippen LogP contribution in [0.15, 0.2) is 49.3 Å². The lowest BCUT2D eigenvalue weighted by Gasteiger charge is -2.54. The maximum atomic E-state index is 14.7. The van der Waals surface area contributed by atoms with Gasteiger partial charge >= 0.3 is 0 Å². The molecule has 236 valence electrons. The first kappa shape index (κ1) is 30.9. The molecule has 0 radical (unpaired) electrons. The molecule has 0 saturated carbocycles. The van der Waals surface area contributed by atoms with Crippen LogP contribution < -0.4 is 10.2 Å². The SMILES string of the molecule is CC([C@@H]1CCN1c1ncc(C(C)n2cc(NC(=O)c3cncc(-c4c(C(F)F)ccc(Cl)c4F)n3)cn2)cn1)N1CC(C)(O)C1. The van der Waals surface area contributed by atoms with Gasteiger partial charge in [0.25, 0.3) is 12.3 Å². The topological polar surface area (TPSA) is 125 Å². The van der Waals surface area contributed by atoms with E-state index in [9.17, 15) is 23.1 Å². The third kappa shape index (κ3) is 6.09. The van der Waals surface area contributed by atoms with Crippen molar-refractivity contribution in [3.63, 3.8) is 0 Å². The summed E-state index contributed by atoms with van der Waals surface area (Å²) >= 11 is 5.82. The van der Waals surface area contributed by atoms with Crippen molar-refractivity contribution in [2.24, 2.45) is 0 Å². The molecule has 2 aliphatic heterocycles. The van der Waals surface area contributed by atoms with Gasteiger partial charge in [-0.25, -0.2) is 28.1 Å². The minimum Gasteiger partial charge on any atom is -0.388 e. The van der Waals surface area contributed by atoms with Gasteiger partial charge in [-0.1, -0.05) is 17.7 Å². The summed E-state index contributed by atoms with van der Waals surface area (Å²) in [6.45, 7) is 8.12. The van der Waals surface area contributed by atoms with Gasteiger partial charge in [0.1, 0.15) is 5.69 Å². The first-order valence-electron chi connectivity index (χ1n) is 14.4. The number of β-amino-alcohol motifs (C(OH)–C–C–N with tert-alkyl or cyclic N) is 1. The summed E-state index contributed by atoms with van der Waals surface area (Å²) in [5.74, 6) is -1.11. The van der Waals surface area contributed by atoms with E-state index in [0.717, 1.165) is 43.1 Å². The van der Waals surface area contributed by atoms with Gasteiger partial charge in [-0.15, -0.1) is 0 Å². The van der Waals surface area contributed by atoms with Crippen LogP contribution in [-0.2, 0) is 0 Å². The summed E-state index contributed by atoms with van der Waals surface area (Å²) in [5.41, 5.74) is -1.06. The minimum absolute atomic E-state index is 0.213. The van der Waals surface area contributed by atoms with Gasteiger partial charge in [0.15, 0.2) is 5.82 Å². The lowest BCUT2D eigenvalue weighted by atomic mass is 9.88. The molecule has 6 rings (SSSR count). The van der Waals surface area contributed by atoms with E-state index in [1.165, 1.54) is 6.20 Å². The standard InChI is InChI=1S/C30H31ClF3N9O2/c1-16(18-8-36-29(37-9-18)42-7-6-24(42)17(2)41-14-30(3,45)15-41)43-13-19(10-38-43)39-28(44)23-12-35-11-22(40-23)25-20(27(33)34)4-5-21(31)26(25)32/h4-5,8-13,16-17,24,27,45H,6-7,14-15H2,1-3H3,(H,39,44)/t16?,17?,24-/m0/s1. The summed E-state index contributed by atoms with van der Waals surface area (Å²) in [6.07, 6.45) is 6.85. The molecular weight excluding hydrogens is 611 g/mol. The highest BCUT2D eigenvalue weighted by molar-refractivity contribution is 6.31. The Morgan fingerprint density at radius 2 is 1.87 bits per heavy atom. The second-order valence-electron chi connectivity index (χ2n) is 11.8. The molecule has 1 amide bonds. The summed E-state index contributed by atoms with van der Waals surface area (Å²) in [7, 11) is 0. The Kier molecular flexibility index (Phi) is 8.22. The number of anilines is 2. The Labute approximate surface area is 262 Å². The van der Waals surface area contributed by atoms with Crippen LogP contribution in [0.4, 0.5) is 24.8 Å². The minimum atomic E-state index is -2.99. The third-order valence-corrected chi connectivity index (χ3v) is 8.72. The zero-order valence-electron chi connectivity index (χ0n) is 24.7. The third-order valence-electron chi connectivity index (χ3n) is 8.43. The van der Waals surface area contributed by atoms with E-state index in [2.05, 4.69) is 47.1 Å². The molecule has 1 aromatic carbocycles. The average molecular weight is 642 g/mol. The zero-order chi connectivity index (χ0) is 32.0. The highest BCUT2D eigenvalue weighted by atomic mass is 35.5. The molecule has 2 saturated heterocycles. The van der Waals surface area contributed by atoms with Crippen molar-refractivity contribution in [2.75, 3.05) is 29.9 Å². The van der Waals surface area contributed by atoms with Gasteiger partial charge in [0.05, 0.1) is 46.6 Å². The fraction of sp³-hybridized carbons (Fsp3) is 0.400. The Bertz CT molecular complexity index is 1710. The highest BCUT2D eigenvalue weighted by Crippen LogP contribution is 2.36. The first-order valence-corrected chi connectivity index (χ1v) is 14.8. The van der Waals surface area contributed by atoms with Crippen LogP contribution in [0.5, 0.6) is 0 Å². The van der Waals surface area contributed by atoms with Crippen molar-refractivity contribution >= 4 is 29.1 Å². The molecular formula is C30H31ClF3N9O2. The summed E-state index contributed by atoms with van der Waals surface area (Å²) < 4.78 is 43.5. The summed E-state index contributed by atoms with van der Waals surface area (Å²) in [4.78, 5) is 34.6. The number of aromatic nitrogens is 6. The van der Waals surface area contributed by atoms with Crippen LogP contribution in [-0.4, -0.2) is 82.9 Å². The maximum Gasteiger partial charge on any atom is 0.275 e. The van der Waals surface area contributed by atoms with Crippen LogP contribution in [0.25, 0.3) is 11.3 Å². The lowest BCUT2D eigenvalue weighted by molar-refractivity contribution is -0.105. The first-order chi connectivity index (χ1) is 21.4. The van der Waals surface area contributed by atoms with Gasteiger partial charge in [-0.3, -0.25) is 19.4 Å². The van der Waals surface area contributed by atoms with Crippen LogP contribution in [0.3, 0.4) is 0 Å². The Morgan fingerprint density at radius 3 is 2.51 bits per heavy atom. The molecule has 2 fully saturated rings. The number of nitrogens with one attached hydrogen (secondary N) is 1. The Morgan fingerprint density at radius 1 is 1.13 bits per heavy atom. The number of amides is 1. The second kappa shape index (κ2) is 12.0. The summed E-state index contributed by atoms with van der Waals surface area (Å²) in [5, 5.41) is 16.7. The largest absolute Gasteiger partial charge is 0.388 e. The molecule has 2 aliphatic rings. The van der Waals surface area contributed by atoms with Crippen LogP contribution in [0.1, 0.15) is 61.3 Å². The second-order valence-corrected chi connectivity index (χ2v) is 12.2. The molecule has 0 aliphatic carbocycles. The maximum absolute atomic E-state index is 14.7. The molecule has 5 heterocycles. The number of carbonyl (C=O) groups excluding carboxylic acids is 1. The van der Waals surface area contributed by atoms with Crippen molar-refractivity contribution in [2.45, 2.75) is 57.3 Å². The average Bonchev–Trinajstić information content (AvgIpc) is 3.45. The fourth-order valence-corrected chi connectivity index (χ4v) is 5.94. The van der Waals surface area contributed by atoms with Crippen molar-refractivity contribution in [3.8, 4) is 11.3 Å². The molecule has 11 nitrogen and oxygen atoms in total. The normalized spacial score (nSPS) is 19.1. The molecule has 2 N–H and O–H groups in total. The molecule has 2 unspecified atom stereocenters. The Balaban J connectivity index is 1.11. The molecule has 15 heteroatoms. The van der Waals surface area contributed by atoms with Gasteiger partial charge in [-0.05, 0) is 33.3 Å². The zero-order valence-corrected chi connectivity index (χ0v) is 25.5. The lowest BCUT2D eigenvalue weighted by Crippen LogP contribution is -2.68. The number of hydrogen-bond donors (Lipinski definition) is 2. The fourth-order valence-electron chi connectivity index (χ4n) is 5.78. The van der Waals surface area contributed by atoms with E-state index in [0.29, 0.717) is 24.7 Å². The molecule has 3 atom stereocenters. The molecule has 3 aromatic heterocycles. The van der Waals surface area contributed by atoms with E-state index in [-0.39, 0.29) is 34.5 Å². The highest BCUT2D eigenvalue weighted by Gasteiger charge is 2.45. The predicted octanol–water partition coefficient (Wildman–Crippen LogP) is 4.76. The van der Waals surface area contributed by atoms with Crippen molar-refractivity contribution < 1.29 is 23.1 Å². The van der Waals surface area contributed by atoms with Gasteiger partial charge < -0.3 is 15.3 Å². The van der Waals surface area contributed by atoms with Gasteiger partial charge in [0.2, 0.25) is 5.95 Å². The van der Waals surface area contributed by atoms with Gasteiger partial charge in [0, 0.05) is 67.0 Å². The van der Waals surface area contributed by atoms with E-state index in [4.69, 9.17) is 11.6 Å². The van der Waals surface area contributed by atoms with Crippen LogP contribution in [0, 0.1) is 5.82 Å². The van der Waals surface area contributed by atoms with Crippen LogP contribution in [0.2, 0.25) is 5.02 Å². The number of rotatable bonds is 9. The van der Waals surface area contributed by atoms with E-state index in [1.54, 1.807) is 23.3 Å². The number of alkyl halides is 2. The number of halogens is 4. The van der Waals surface area contributed by atoms with E-state index in [1.807, 2.05) is 13.8 Å². The molecule has 0 bridgehead atoms. The number of hydrogen-bond acceptors (Lipinski definition) is 9. The predicted molar refractivity (Wildman–Crippen MR) is 161 cm³/mol. The number of likely N-dealkylation sites (tertiary alicyclic amines) is 1. The molecule has 4 aromatic rings. The number of carbonyl (C=O) groups is 1. The van der Waals surface area contributed by atoms with Crippen molar-refractivity contribution in [3.05, 3.63) is 77.0 Å². The number of nitrogens with zero attached hydrogens (tertiary/aromatic N) is 8. The number of aliphatic hydroxyl groups is 1. The molecule has 45 heavy (non-hydrogen) atoms. The summed E-state index contributed by atoms with van der Waals surface area (Å²) in [6, 6.07) is 2.34. The van der Waals surface area contributed by atoms with Crippen molar-refractivity contribution in [1.29, 1.82) is 0 Å². The van der Waals surface area contributed by atoms with E-state index < -0.39 is 34.9 Å².